The van der Waals surface area contributed by atoms with Crippen molar-refractivity contribution in [2.75, 3.05) is 6.54 Å². The van der Waals surface area contributed by atoms with Gasteiger partial charge in [-0.1, -0.05) is 20.3 Å². The predicted octanol–water partition coefficient (Wildman–Crippen LogP) is 4.19. The van der Waals surface area contributed by atoms with Gasteiger partial charge in [0.2, 0.25) is 0 Å². The molecule has 0 saturated heterocycles. The number of hydrogen-bond acceptors (Lipinski definition) is 2. The highest BCUT2D eigenvalue weighted by atomic mass is 127. The molecule has 0 amide bonds. The fraction of sp³-hybridized carbons (Fsp3) is 0.636. The number of halogens is 1. The van der Waals surface area contributed by atoms with Gasteiger partial charge in [0.15, 0.2) is 0 Å². The van der Waals surface area contributed by atoms with Crippen molar-refractivity contribution in [3.05, 3.63) is 19.9 Å². The molecular weight excluding hydrogens is 305 g/mol. The lowest BCUT2D eigenvalue weighted by Gasteiger charge is -2.16. The maximum atomic E-state index is 3.60. The van der Waals surface area contributed by atoms with Crippen molar-refractivity contribution in [1.29, 1.82) is 0 Å². The second kappa shape index (κ2) is 6.80. The van der Waals surface area contributed by atoms with E-state index in [4.69, 9.17) is 0 Å². The summed E-state index contributed by atoms with van der Waals surface area (Å²) < 4.78 is 1.39. The first kappa shape index (κ1) is 12.5. The summed E-state index contributed by atoms with van der Waals surface area (Å²) in [6.45, 7) is 5.59. The van der Waals surface area contributed by atoms with E-state index in [0.717, 1.165) is 6.54 Å². The van der Waals surface area contributed by atoms with Gasteiger partial charge in [-0.3, -0.25) is 0 Å². The van der Waals surface area contributed by atoms with Crippen molar-refractivity contribution in [3.63, 3.8) is 0 Å². The third-order valence-electron chi connectivity index (χ3n) is 2.21. The third kappa shape index (κ3) is 3.87. The molecule has 0 aliphatic heterocycles. The largest absolute Gasteiger partial charge is 0.310 e. The lowest BCUT2D eigenvalue weighted by molar-refractivity contribution is 0.495. The van der Waals surface area contributed by atoms with Crippen molar-refractivity contribution in [2.45, 2.75) is 39.2 Å². The van der Waals surface area contributed by atoms with Crippen LogP contribution in [-0.2, 0) is 0 Å². The van der Waals surface area contributed by atoms with E-state index in [0.29, 0.717) is 6.04 Å². The van der Waals surface area contributed by atoms with Crippen LogP contribution in [0.2, 0.25) is 0 Å². The highest BCUT2D eigenvalue weighted by Crippen LogP contribution is 2.25. The second-order valence-electron chi connectivity index (χ2n) is 3.48. The molecule has 3 heteroatoms. The summed E-state index contributed by atoms with van der Waals surface area (Å²) in [5.74, 6) is 0. The van der Waals surface area contributed by atoms with Gasteiger partial charge in [0.25, 0.3) is 0 Å². The molecule has 0 radical (unpaired) electrons. The maximum Gasteiger partial charge on any atom is 0.0656 e. The van der Waals surface area contributed by atoms with Crippen LogP contribution in [0, 0.1) is 2.88 Å². The minimum atomic E-state index is 0.569. The Morgan fingerprint density at radius 3 is 2.71 bits per heavy atom. The van der Waals surface area contributed by atoms with Crippen LogP contribution in [0.1, 0.15) is 44.7 Å². The van der Waals surface area contributed by atoms with E-state index in [2.05, 4.69) is 53.2 Å². The van der Waals surface area contributed by atoms with Gasteiger partial charge in [-0.2, -0.15) is 0 Å². The molecule has 0 aliphatic carbocycles. The van der Waals surface area contributed by atoms with Crippen LogP contribution >= 0.6 is 33.9 Å². The van der Waals surface area contributed by atoms with Crippen LogP contribution in [0.3, 0.4) is 0 Å². The molecule has 0 fully saturated rings. The molecule has 1 rings (SSSR count). The molecule has 1 N–H and O–H groups in total. The van der Waals surface area contributed by atoms with E-state index < -0.39 is 0 Å². The van der Waals surface area contributed by atoms with Crippen LogP contribution in [0.4, 0.5) is 0 Å². The SMILES string of the molecule is CCCNC(CCC)c1csc(I)c1. The summed E-state index contributed by atoms with van der Waals surface area (Å²) in [4.78, 5) is 0. The molecule has 0 aromatic carbocycles. The average molecular weight is 323 g/mol. The average Bonchev–Trinajstić information content (AvgIpc) is 2.59. The lowest BCUT2D eigenvalue weighted by atomic mass is 10.1. The lowest BCUT2D eigenvalue weighted by Crippen LogP contribution is -2.21. The van der Waals surface area contributed by atoms with E-state index >= 15 is 0 Å². The smallest absolute Gasteiger partial charge is 0.0656 e. The highest BCUT2D eigenvalue weighted by Gasteiger charge is 2.10. The van der Waals surface area contributed by atoms with Crippen LogP contribution in [0.5, 0.6) is 0 Å². The van der Waals surface area contributed by atoms with Crippen molar-refractivity contribution in [1.82, 2.24) is 5.32 Å². The minimum absolute atomic E-state index is 0.569. The second-order valence-corrected chi connectivity index (χ2v) is 6.28. The van der Waals surface area contributed by atoms with Gasteiger partial charge < -0.3 is 5.32 Å². The molecule has 1 unspecified atom stereocenters. The van der Waals surface area contributed by atoms with Gasteiger partial charge in [0, 0.05) is 6.04 Å². The van der Waals surface area contributed by atoms with Crippen molar-refractivity contribution >= 4 is 33.9 Å². The van der Waals surface area contributed by atoms with Gasteiger partial charge in [0.1, 0.15) is 0 Å². The van der Waals surface area contributed by atoms with Gasteiger partial charge >= 0.3 is 0 Å². The number of thiophene rings is 1. The number of nitrogens with one attached hydrogen (secondary N) is 1. The zero-order chi connectivity index (χ0) is 10.4. The Balaban J connectivity index is 2.57. The summed E-state index contributed by atoms with van der Waals surface area (Å²) in [7, 11) is 0. The Bertz CT molecular complexity index is 260. The molecular formula is C11H18INS. The first-order valence-electron chi connectivity index (χ1n) is 5.25. The Morgan fingerprint density at radius 1 is 1.43 bits per heavy atom. The minimum Gasteiger partial charge on any atom is -0.310 e. The van der Waals surface area contributed by atoms with Crippen LogP contribution < -0.4 is 5.32 Å². The Labute approximate surface area is 104 Å². The van der Waals surface area contributed by atoms with E-state index in [1.54, 1.807) is 0 Å². The topological polar surface area (TPSA) is 12.0 Å². The third-order valence-corrected chi connectivity index (χ3v) is 4.02. The number of hydrogen-bond donors (Lipinski definition) is 1. The molecule has 1 nitrogen and oxygen atoms in total. The molecule has 0 spiro atoms. The van der Waals surface area contributed by atoms with E-state index in [-0.39, 0.29) is 0 Å². The zero-order valence-corrected chi connectivity index (χ0v) is 11.8. The normalized spacial score (nSPS) is 13.1. The van der Waals surface area contributed by atoms with Gasteiger partial charge in [-0.25, -0.2) is 0 Å². The van der Waals surface area contributed by atoms with Gasteiger partial charge in [-0.05, 0) is 59.0 Å². The van der Waals surface area contributed by atoms with Crippen LogP contribution in [0.25, 0.3) is 0 Å². The van der Waals surface area contributed by atoms with E-state index in [1.165, 1.54) is 27.7 Å². The van der Waals surface area contributed by atoms with Crippen molar-refractivity contribution in [3.8, 4) is 0 Å². The fourth-order valence-electron chi connectivity index (χ4n) is 1.50. The Kier molecular flexibility index (Phi) is 6.05. The maximum absolute atomic E-state index is 3.60. The Morgan fingerprint density at radius 2 is 2.21 bits per heavy atom. The van der Waals surface area contributed by atoms with E-state index in [9.17, 15) is 0 Å². The standard InChI is InChI=1S/C11H18INS/c1-3-5-10(13-6-4-2)9-7-11(12)14-8-9/h7-8,10,13H,3-6H2,1-2H3. The highest BCUT2D eigenvalue weighted by molar-refractivity contribution is 14.1. The summed E-state index contributed by atoms with van der Waals surface area (Å²) >= 11 is 4.23. The molecule has 1 atom stereocenters. The molecule has 0 bridgehead atoms. The summed E-state index contributed by atoms with van der Waals surface area (Å²) in [6, 6.07) is 2.87. The van der Waals surface area contributed by atoms with Crippen LogP contribution in [0.15, 0.2) is 11.4 Å². The molecule has 1 heterocycles. The van der Waals surface area contributed by atoms with Crippen molar-refractivity contribution < 1.29 is 0 Å². The molecule has 14 heavy (non-hydrogen) atoms. The summed E-state index contributed by atoms with van der Waals surface area (Å²) in [6.07, 6.45) is 3.70. The van der Waals surface area contributed by atoms with Gasteiger partial charge in [-0.15, -0.1) is 11.3 Å². The molecule has 0 aliphatic rings. The van der Waals surface area contributed by atoms with E-state index in [1.807, 2.05) is 11.3 Å². The summed E-state index contributed by atoms with van der Waals surface area (Å²) in [5, 5.41) is 5.89. The van der Waals surface area contributed by atoms with Crippen LogP contribution in [-0.4, -0.2) is 6.54 Å². The monoisotopic (exact) mass is 323 g/mol. The van der Waals surface area contributed by atoms with Gasteiger partial charge in [0.05, 0.1) is 2.88 Å². The first-order chi connectivity index (χ1) is 6.77. The number of rotatable bonds is 6. The predicted molar refractivity (Wildman–Crippen MR) is 73.0 cm³/mol. The molecule has 0 saturated carbocycles. The first-order valence-corrected chi connectivity index (χ1v) is 7.21. The molecule has 80 valence electrons. The quantitative estimate of drug-likeness (QED) is 0.774. The summed E-state index contributed by atoms with van der Waals surface area (Å²) in [5.41, 5.74) is 1.47. The zero-order valence-electron chi connectivity index (χ0n) is 8.85. The fourth-order valence-corrected chi connectivity index (χ4v) is 2.93. The molecule has 1 aromatic rings. The van der Waals surface area contributed by atoms with Crippen molar-refractivity contribution in [2.24, 2.45) is 0 Å². The molecule has 1 aromatic heterocycles. The Hall–Kier alpha value is 0.390.